The minimum Gasteiger partial charge on any atom is -0.497 e. The molecule has 8 nitrogen and oxygen atoms in total. The van der Waals surface area contributed by atoms with Crippen molar-refractivity contribution in [3.63, 3.8) is 0 Å². The number of hydrogen-bond donors (Lipinski definition) is 2. The Balaban J connectivity index is 1.35. The van der Waals surface area contributed by atoms with E-state index in [0.29, 0.717) is 12.8 Å². The van der Waals surface area contributed by atoms with Gasteiger partial charge in [0.1, 0.15) is 11.3 Å². The molecule has 2 aliphatic heterocycles. The molecule has 0 unspecified atom stereocenters. The van der Waals surface area contributed by atoms with Gasteiger partial charge in [0, 0.05) is 6.04 Å². The molecule has 2 aromatic carbocycles. The predicted molar refractivity (Wildman–Crippen MR) is 123 cm³/mol. The zero-order valence-corrected chi connectivity index (χ0v) is 19.0. The molecule has 2 N–H and O–H groups in total. The summed E-state index contributed by atoms with van der Waals surface area (Å²) >= 11 is 0. The van der Waals surface area contributed by atoms with Gasteiger partial charge >= 0.3 is 6.03 Å². The van der Waals surface area contributed by atoms with Crippen molar-refractivity contribution < 1.29 is 19.1 Å². The topological polar surface area (TPSA) is 91.0 Å². The van der Waals surface area contributed by atoms with Crippen molar-refractivity contribution >= 4 is 17.8 Å². The van der Waals surface area contributed by atoms with Gasteiger partial charge < -0.3 is 10.1 Å². The first kappa shape index (κ1) is 22.8. The first-order valence-electron chi connectivity index (χ1n) is 11.3. The molecule has 174 valence electrons. The number of nitrogens with one attached hydrogen (secondary N) is 2. The lowest BCUT2D eigenvalue weighted by molar-refractivity contribution is -0.139. The summed E-state index contributed by atoms with van der Waals surface area (Å²) in [6, 6.07) is 17.1. The fraction of sp³-hybridized carbons (Fsp3) is 0.400. The fourth-order valence-electron chi connectivity index (χ4n) is 4.56. The second-order valence-electron chi connectivity index (χ2n) is 8.83. The third-order valence-corrected chi connectivity index (χ3v) is 6.46. The summed E-state index contributed by atoms with van der Waals surface area (Å²) in [7, 11) is 1.63. The first-order valence-corrected chi connectivity index (χ1v) is 11.3. The largest absolute Gasteiger partial charge is 0.497 e. The minimum absolute atomic E-state index is 0.106. The van der Waals surface area contributed by atoms with Crippen LogP contribution in [0.1, 0.15) is 43.4 Å². The van der Waals surface area contributed by atoms with Gasteiger partial charge in [0.2, 0.25) is 0 Å². The smallest absolute Gasteiger partial charge is 0.344 e. The zero-order chi connectivity index (χ0) is 23.4. The quantitative estimate of drug-likeness (QED) is 0.604. The Morgan fingerprint density at radius 1 is 1.15 bits per heavy atom. The van der Waals surface area contributed by atoms with Gasteiger partial charge in [-0.25, -0.2) is 4.79 Å². The molecule has 2 aromatic rings. The summed E-state index contributed by atoms with van der Waals surface area (Å²) in [6.45, 7) is 2.58. The standard InChI is InChI=1S/C25H30N4O4/c1-25(15-14-18-7-4-3-5-8-18)23(31)29(24(32)26-25)27-22(30)17-28-16-6-9-21(28)19-10-12-20(33-2)13-11-19/h3-5,7-8,10-13,21H,6,9,14-17H2,1-2H3,(H,26,32)(H,27,30)/t21-,25-/m0/s1. The van der Waals surface area contributed by atoms with Gasteiger partial charge in [-0.3, -0.25) is 19.9 Å². The number of carbonyl (C=O) groups excluding carboxylic acids is 3. The zero-order valence-electron chi connectivity index (χ0n) is 19.0. The van der Waals surface area contributed by atoms with Crippen molar-refractivity contribution in [3.8, 4) is 5.75 Å². The average molecular weight is 451 g/mol. The Bertz CT molecular complexity index is 1010. The number of carbonyl (C=O) groups is 3. The third kappa shape index (κ3) is 5.01. The molecule has 2 saturated heterocycles. The number of likely N-dealkylation sites (tertiary alicyclic amines) is 1. The van der Waals surface area contributed by atoms with Crippen LogP contribution in [0.5, 0.6) is 5.75 Å². The van der Waals surface area contributed by atoms with Gasteiger partial charge in [-0.15, -0.1) is 0 Å². The highest BCUT2D eigenvalue weighted by atomic mass is 16.5. The number of hydrogen-bond acceptors (Lipinski definition) is 5. The Morgan fingerprint density at radius 2 is 1.88 bits per heavy atom. The van der Waals surface area contributed by atoms with Gasteiger partial charge in [0.15, 0.2) is 0 Å². The normalized spacial score (nSPS) is 23.0. The molecule has 2 heterocycles. The Labute approximate surface area is 193 Å². The summed E-state index contributed by atoms with van der Waals surface area (Å²) in [4.78, 5) is 40.3. The SMILES string of the molecule is COc1ccc([C@@H]2CCCN2CC(=O)NN2C(=O)N[C@@](C)(CCc3ccccc3)C2=O)cc1. The van der Waals surface area contributed by atoms with Crippen LogP contribution in [-0.2, 0) is 16.0 Å². The van der Waals surface area contributed by atoms with Crippen molar-refractivity contribution in [2.75, 3.05) is 20.2 Å². The van der Waals surface area contributed by atoms with E-state index in [9.17, 15) is 14.4 Å². The van der Waals surface area contributed by atoms with E-state index in [-0.39, 0.29) is 18.5 Å². The summed E-state index contributed by atoms with van der Waals surface area (Å²) in [5.41, 5.74) is 3.66. The summed E-state index contributed by atoms with van der Waals surface area (Å²) in [5.74, 6) is -0.0361. The van der Waals surface area contributed by atoms with Gasteiger partial charge in [0.25, 0.3) is 11.8 Å². The van der Waals surface area contributed by atoms with Crippen molar-refractivity contribution in [1.82, 2.24) is 20.7 Å². The van der Waals surface area contributed by atoms with E-state index in [2.05, 4.69) is 15.6 Å². The van der Waals surface area contributed by atoms with Gasteiger partial charge in [0.05, 0.1) is 13.7 Å². The van der Waals surface area contributed by atoms with Crippen LogP contribution >= 0.6 is 0 Å². The predicted octanol–water partition coefficient (Wildman–Crippen LogP) is 2.81. The van der Waals surface area contributed by atoms with E-state index in [1.165, 1.54) is 0 Å². The highest BCUT2D eigenvalue weighted by Gasteiger charge is 2.48. The third-order valence-electron chi connectivity index (χ3n) is 6.46. The number of urea groups is 1. The number of benzene rings is 2. The van der Waals surface area contributed by atoms with Crippen molar-refractivity contribution in [2.45, 2.75) is 44.2 Å². The second kappa shape index (κ2) is 9.62. The summed E-state index contributed by atoms with van der Waals surface area (Å²) in [5, 5.41) is 3.57. The molecule has 4 rings (SSSR count). The van der Waals surface area contributed by atoms with Gasteiger partial charge in [-0.05, 0) is 62.4 Å². The lowest BCUT2D eigenvalue weighted by Crippen LogP contribution is -2.51. The van der Waals surface area contributed by atoms with Crippen LogP contribution in [0.3, 0.4) is 0 Å². The van der Waals surface area contributed by atoms with Crippen molar-refractivity contribution in [3.05, 3.63) is 65.7 Å². The van der Waals surface area contributed by atoms with E-state index in [0.717, 1.165) is 41.3 Å². The number of rotatable bonds is 8. The Hall–Kier alpha value is -3.39. The number of imide groups is 1. The fourth-order valence-corrected chi connectivity index (χ4v) is 4.56. The molecule has 0 bridgehead atoms. The number of hydrazine groups is 1. The molecule has 4 amide bonds. The number of amides is 4. The van der Waals surface area contributed by atoms with Crippen LogP contribution < -0.4 is 15.5 Å². The maximum absolute atomic E-state index is 13.0. The van der Waals surface area contributed by atoms with E-state index in [4.69, 9.17) is 4.74 Å². The van der Waals surface area contributed by atoms with Crippen LogP contribution in [0, 0.1) is 0 Å². The van der Waals surface area contributed by atoms with Crippen molar-refractivity contribution in [1.29, 1.82) is 0 Å². The molecule has 2 atom stereocenters. The van der Waals surface area contributed by atoms with Crippen LogP contribution in [0.4, 0.5) is 4.79 Å². The number of ether oxygens (including phenoxy) is 1. The van der Waals surface area contributed by atoms with Crippen LogP contribution in [0.25, 0.3) is 0 Å². The average Bonchev–Trinajstić information content (AvgIpc) is 3.36. The summed E-state index contributed by atoms with van der Waals surface area (Å²) < 4.78 is 5.22. The van der Waals surface area contributed by atoms with Crippen molar-refractivity contribution in [2.24, 2.45) is 0 Å². The lowest BCUT2D eigenvalue weighted by Gasteiger charge is -2.25. The molecular weight excluding hydrogens is 420 g/mol. The van der Waals surface area contributed by atoms with E-state index in [1.807, 2.05) is 54.6 Å². The number of methoxy groups -OCH3 is 1. The van der Waals surface area contributed by atoms with Crippen LogP contribution in [0.2, 0.25) is 0 Å². The number of nitrogens with zero attached hydrogens (tertiary/aromatic N) is 2. The highest BCUT2D eigenvalue weighted by Crippen LogP contribution is 2.32. The lowest BCUT2D eigenvalue weighted by atomic mass is 9.93. The highest BCUT2D eigenvalue weighted by molar-refractivity contribution is 6.07. The summed E-state index contributed by atoms with van der Waals surface area (Å²) in [6.07, 6.45) is 3.01. The van der Waals surface area contributed by atoms with Gasteiger partial charge in [-0.1, -0.05) is 42.5 Å². The molecule has 0 radical (unpaired) electrons. The van der Waals surface area contributed by atoms with E-state index < -0.39 is 17.5 Å². The maximum atomic E-state index is 13.0. The monoisotopic (exact) mass is 450 g/mol. The van der Waals surface area contributed by atoms with Crippen LogP contribution in [0.15, 0.2) is 54.6 Å². The molecule has 33 heavy (non-hydrogen) atoms. The molecule has 8 heteroatoms. The molecule has 0 spiro atoms. The molecule has 0 aromatic heterocycles. The molecule has 2 fully saturated rings. The van der Waals surface area contributed by atoms with E-state index >= 15 is 0 Å². The first-order chi connectivity index (χ1) is 15.9. The van der Waals surface area contributed by atoms with E-state index in [1.54, 1.807) is 14.0 Å². The van der Waals surface area contributed by atoms with Crippen LogP contribution in [-0.4, -0.2) is 53.5 Å². The molecule has 2 aliphatic rings. The number of aryl methyl sites for hydroxylation is 1. The maximum Gasteiger partial charge on any atom is 0.344 e. The second-order valence-corrected chi connectivity index (χ2v) is 8.83. The molecule has 0 saturated carbocycles. The molecule has 0 aliphatic carbocycles. The van der Waals surface area contributed by atoms with Gasteiger partial charge in [-0.2, -0.15) is 5.01 Å². The minimum atomic E-state index is -1.06. The Kier molecular flexibility index (Phi) is 6.65. The Morgan fingerprint density at radius 3 is 2.58 bits per heavy atom. The molecular formula is C25H30N4O4.